The molecule has 12 heteroatoms. The lowest BCUT2D eigenvalue weighted by atomic mass is 9.83. The number of ether oxygens (including phenoxy) is 3. The highest BCUT2D eigenvalue weighted by atomic mass is 32.1. The molecule has 2 fully saturated rings. The zero-order valence-electron chi connectivity index (χ0n) is 29.4. The smallest absolute Gasteiger partial charge is 0.348 e. The van der Waals surface area contributed by atoms with Crippen LogP contribution in [0.3, 0.4) is 0 Å². The van der Waals surface area contributed by atoms with Gasteiger partial charge in [-0.3, -0.25) is 4.79 Å². The van der Waals surface area contributed by atoms with E-state index in [0.29, 0.717) is 63.5 Å². The van der Waals surface area contributed by atoms with E-state index in [2.05, 4.69) is 22.2 Å². The van der Waals surface area contributed by atoms with E-state index in [4.69, 9.17) is 14.2 Å². The average molecular weight is 738 g/mol. The Bertz CT molecular complexity index is 2120. The number of hydrogen-bond acceptors (Lipinski definition) is 11. The first-order valence-corrected chi connectivity index (χ1v) is 19.0. The molecule has 5 aromatic rings. The van der Waals surface area contributed by atoms with Crippen molar-refractivity contribution >= 4 is 27.5 Å². The van der Waals surface area contributed by atoms with Crippen LogP contribution in [-0.4, -0.2) is 70.1 Å². The molecule has 2 saturated carbocycles. The predicted molar refractivity (Wildman–Crippen MR) is 200 cm³/mol. The topological polar surface area (TPSA) is 154 Å². The van der Waals surface area contributed by atoms with Gasteiger partial charge in [0.25, 0.3) is 0 Å². The van der Waals surface area contributed by atoms with E-state index in [1.54, 1.807) is 42.5 Å². The van der Waals surface area contributed by atoms with Crippen molar-refractivity contribution < 1.29 is 34.3 Å². The first kappa shape index (κ1) is 35.3. The van der Waals surface area contributed by atoms with E-state index in [1.165, 1.54) is 6.07 Å². The van der Waals surface area contributed by atoms with Crippen LogP contribution >= 0.6 is 11.3 Å². The van der Waals surface area contributed by atoms with Gasteiger partial charge in [0, 0.05) is 48.3 Å². The van der Waals surface area contributed by atoms with Gasteiger partial charge in [0.2, 0.25) is 5.60 Å². The monoisotopic (exact) mass is 737 g/mol. The van der Waals surface area contributed by atoms with E-state index in [0.717, 1.165) is 54.9 Å². The summed E-state index contributed by atoms with van der Waals surface area (Å²) in [5.41, 5.74) is 0.829. The van der Waals surface area contributed by atoms with Gasteiger partial charge in [0.15, 0.2) is 0 Å². The fraction of sp³-hybridized carbons (Fsp3) is 0.366. The third-order valence-electron chi connectivity index (χ3n) is 11.1. The maximum atomic E-state index is 13.9. The normalized spacial score (nSPS) is 21.6. The summed E-state index contributed by atoms with van der Waals surface area (Å²) in [6, 6.07) is 25.5. The van der Waals surface area contributed by atoms with E-state index in [1.807, 2.05) is 36.4 Å². The zero-order valence-corrected chi connectivity index (χ0v) is 30.2. The van der Waals surface area contributed by atoms with Crippen molar-refractivity contribution in [3.63, 3.8) is 0 Å². The lowest BCUT2D eigenvalue weighted by molar-refractivity contribution is -0.171. The molecule has 1 aliphatic heterocycles. The number of phenolic OH excluding ortho intramolecular Hbond substituents is 1. The Labute approximate surface area is 310 Å². The lowest BCUT2D eigenvalue weighted by Crippen LogP contribution is -2.44. The minimum Gasteiger partial charge on any atom is -0.506 e. The fourth-order valence-electron chi connectivity index (χ4n) is 8.59. The molecule has 2 heterocycles. The van der Waals surface area contributed by atoms with Crippen LogP contribution in [0.2, 0.25) is 0 Å². The molecule has 53 heavy (non-hydrogen) atoms. The maximum absolute atomic E-state index is 13.9. The number of aliphatic hydroxyl groups excluding tert-OH is 1. The third-order valence-corrected chi connectivity index (χ3v) is 12.0. The number of nitrogens with one attached hydrogen (secondary N) is 2. The summed E-state index contributed by atoms with van der Waals surface area (Å²) < 4.78 is 18.9. The van der Waals surface area contributed by atoms with Crippen LogP contribution in [0.15, 0.2) is 89.7 Å². The number of rotatable bonds is 13. The Morgan fingerprint density at radius 1 is 1.04 bits per heavy atom. The number of aromatic amines is 1. The van der Waals surface area contributed by atoms with Crippen LogP contribution in [0.4, 0.5) is 0 Å². The van der Waals surface area contributed by atoms with Gasteiger partial charge in [-0.05, 0) is 74.5 Å². The first-order valence-electron chi connectivity index (χ1n) is 18.2. The molecular formula is C41H43N3O8S. The van der Waals surface area contributed by atoms with Gasteiger partial charge in [-0.2, -0.15) is 0 Å². The third kappa shape index (κ3) is 6.70. The predicted octanol–water partition coefficient (Wildman–Crippen LogP) is 5.57. The quantitative estimate of drug-likeness (QED) is 0.0766. The van der Waals surface area contributed by atoms with Crippen molar-refractivity contribution in [2.24, 2.45) is 11.8 Å². The molecule has 3 aliphatic rings. The highest BCUT2D eigenvalue weighted by molar-refractivity contribution is 7.16. The molecule has 8 rings (SSSR count). The van der Waals surface area contributed by atoms with Crippen molar-refractivity contribution in [1.82, 2.24) is 15.2 Å². The van der Waals surface area contributed by atoms with E-state index >= 15 is 0 Å². The van der Waals surface area contributed by atoms with Crippen molar-refractivity contribution in [2.45, 2.75) is 56.1 Å². The van der Waals surface area contributed by atoms with Crippen molar-refractivity contribution in [2.75, 3.05) is 26.7 Å². The van der Waals surface area contributed by atoms with E-state index in [9.17, 15) is 24.9 Å². The van der Waals surface area contributed by atoms with Crippen molar-refractivity contribution in [1.29, 1.82) is 0 Å². The summed E-state index contributed by atoms with van der Waals surface area (Å²) in [6.07, 6.45) is 2.61. The number of benzene rings is 4. The minimum atomic E-state index is -1.95. The molecule has 0 spiro atoms. The highest BCUT2D eigenvalue weighted by Gasteiger charge is 2.54. The molecule has 5 atom stereocenters. The van der Waals surface area contributed by atoms with Gasteiger partial charge in [-0.25, -0.2) is 4.79 Å². The standard InChI is InChI=1S/C41H43N3O8S/c1-44(19-6-20-50-26-14-11-24(12-15-26)22-42-23-32(46)27-17-18-31(45)36-38(27)53-40(48)43-36)37-25-13-16-28(37)35(21-25)52-39(47)41(49)29-7-2-4-9-33(29)51-34-10-5-3-8-30(34)41/h2-5,7-12,14-15,17-18,25,28,32,35,37,42,45-46,49H,6,13,16,19-23H2,1H3,(H,43,48)/t25?,28?,32-,35?,37?/m0/s1. The van der Waals surface area contributed by atoms with Gasteiger partial charge in [0.1, 0.15) is 34.6 Å². The molecule has 5 N–H and O–H groups in total. The molecule has 4 aromatic carbocycles. The van der Waals surface area contributed by atoms with Gasteiger partial charge in [-0.1, -0.05) is 65.9 Å². The maximum Gasteiger partial charge on any atom is 0.348 e. The number of thiazole rings is 1. The summed E-state index contributed by atoms with van der Waals surface area (Å²) in [7, 11) is 2.14. The van der Waals surface area contributed by atoms with Crippen LogP contribution < -0.4 is 19.7 Å². The number of nitrogens with zero attached hydrogens (tertiary/aromatic N) is 1. The SMILES string of the molecule is CN(CCCOc1ccc(CNC[C@H](O)c2ccc(O)c3[nH]c(=O)sc23)cc1)C1C2CCC1C(OC(=O)C1(O)c3ccccc3Oc3ccccc31)C2. The second-order valence-corrected chi connectivity index (χ2v) is 15.3. The summed E-state index contributed by atoms with van der Waals surface area (Å²) in [5.74, 6) is 1.65. The number of aliphatic hydroxyl groups is 2. The first-order chi connectivity index (χ1) is 25.7. The van der Waals surface area contributed by atoms with Gasteiger partial charge in [-0.15, -0.1) is 0 Å². The van der Waals surface area contributed by atoms with Gasteiger partial charge in [0.05, 0.1) is 17.4 Å². The summed E-state index contributed by atoms with van der Waals surface area (Å²) in [5, 5.41) is 36.1. The number of phenols is 1. The van der Waals surface area contributed by atoms with Gasteiger partial charge < -0.3 is 44.7 Å². The number of carbonyl (C=O) groups is 1. The second-order valence-electron chi connectivity index (χ2n) is 14.3. The Balaban J connectivity index is 0.801. The zero-order chi connectivity index (χ0) is 36.7. The molecule has 0 amide bonds. The Kier molecular flexibility index (Phi) is 9.73. The Morgan fingerprint density at radius 2 is 1.75 bits per heavy atom. The molecule has 2 aliphatic carbocycles. The fourth-order valence-corrected chi connectivity index (χ4v) is 9.51. The number of hydrogen-bond donors (Lipinski definition) is 5. The Morgan fingerprint density at radius 3 is 2.49 bits per heavy atom. The average Bonchev–Trinajstić information content (AvgIpc) is 3.87. The molecule has 276 valence electrons. The number of aromatic nitrogens is 1. The van der Waals surface area contributed by atoms with Crippen LogP contribution in [0.25, 0.3) is 10.2 Å². The van der Waals surface area contributed by atoms with Crippen LogP contribution in [-0.2, 0) is 21.7 Å². The van der Waals surface area contributed by atoms with Crippen LogP contribution in [0.5, 0.6) is 23.0 Å². The van der Waals surface area contributed by atoms with E-state index < -0.39 is 17.7 Å². The number of esters is 1. The molecular weight excluding hydrogens is 695 g/mol. The minimum absolute atomic E-state index is 0.0158. The Hall–Kier alpha value is -4.72. The second kappa shape index (κ2) is 14.6. The number of carbonyl (C=O) groups excluding carboxylic acids is 1. The summed E-state index contributed by atoms with van der Waals surface area (Å²) in [6.45, 7) is 2.23. The number of fused-ring (bicyclic) bond motifs is 5. The highest BCUT2D eigenvalue weighted by Crippen LogP contribution is 2.51. The molecule has 4 unspecified atom stereocenters. The number of aromatic hydroxyl groups is 1. The van der Waals surface area contributed by atoms with Gasteiger partial charge >= 0.3 is 10.8 Å². The van der Waals surface area contributed by atoms with E-state index in [-0.39, 0.29) is 29.2 Å². The van der Waals surface area contributed by atoms with Crippen LogP contribution in [0.1, 0.15) is 54.0 Å². The largest absolute Gasteiger partial charge is 0.506 e. The van der Waals surface area contributed by atoms with Crippen LogP contribution in [0, 0.1) is 11.8 Å². The van der Waals surface area contributed by atoms with Crippen molar-refractivity contribution in [3.05, 3.63) is 117 Å². The molecule has 0 radical (unpaired) electrons. The molecule has 1 aromatic heterocycles. The number of H-pyrrole nitrogens is 1. The van der Waals surface area contributed by atoms with Crippen molar-refractivity contribution in [3.8, 4) is 23.0 Å². The summed E-state index contributed by atoms with van der Waals surface area (Å²) in [4.78, 5) is 30.4. The summed E-state index contributed by atoms with van der Waals surface area (Å²) >= 11 is 0.972. The molecule has 2 bridgehead atoms. The number of para-hydroxylation sites is 2. The molecule has 0 saturated heterocycles. The lowest BCUT2D eigenvalue weighted by Gasteiger charge is -2.35. The molecule has 11 nitrogen and oxygen atoms in total.